The number of amides is 1. The Kier molecular flexibility index (Phi) is 10.2. The van der Waals surface area contributed by atoms with Gasteiger partial charge in [-0.15, -0.1) is 0 Å². The number of nitrogens with two attached hydrogens (primary N) is 1. The molecule has 0 radical (unpaired) electrons. The van der Waals surface area contributed by atoms with Crippen molar-refractivity contribution in [1.29, 1.82) is 0 Å². The molecule has 4 rings (SSSR count). The van der Waals surface area contributed by atoms with Crippen LogP contribution in [-0.2, 0) is 16.1 Å². The monoisotopic (exact) mass is 579 g/mol. The average Bonchev–Trinajstić information content (AvgIpc) is 3.57. The molecular weight excluding hydrogens is 534 g/mol. The number of carboxylic acid groups (broad SMARTS) is 1. The number of anilines is 1. The van der Waals surface area contributed by atoms with Gasteiger partial charge in [0.05, 0.1) is 19.6 Å². The van der Waals surface area contributed by atoms with Crippen molar-refractivity contribution in [2.45, 2.75) is 65.5 Å². The molecule has 3 atom stereocenters. The van der Waals surface area contributed by atoms with Gasteiger partial charge >= 0.3 is 5.97 Å². The summed E-state index contributed by atoms with van der Waals surface area (Å²) >= 11 is 0. The molecule has 1 saturated heterocycles. The fourth-order valence-corrected chi connectivity index (χ4v) is 6.33. The second-order valence-corrected chi connectivity index (χ2v) is 11.9. The standard InChI is InChI=1S/C33H45N3O6/c1-6-8-13-36(24-11-9-10-22(14-24)18-34)29(37)20-35-19-25(23-15-27(40-5)31-28(16-23)41-21-42-31)30(32(38)39)26(35)17-33(3,4)12-7-2/h7,9-12,14-16,25-26,30H,6,8,13,17-21,34H2,1-5H3,(H,38,39)/b12-7+/t25-,26+,30-/m1/s1. The first kappa shape index (κ1) is 31.4. The predicted octanol–water partition coefficient (Wildman–Crippen LogP) is 5.18. The Labute approximate surface area is 249 Å². The van der Waals surface area contributed by atoms with Gasteiger partial charge in [-0.3, -0.25) is 14.5 Å². The van der Waals surface area contributed by atoms with Gasteiger partial charge in [0, 0.05) is 37.3 Å². The Hall–Kier alpha value is -3.56. The molecule has 0 bridgehead atoms. The van der Waals surface area contributed by atoms with Crippen LogP contribution >= 0.6 is 0 Å². The van der Waals surface area contributed by atoms with Crippen molar-refractivity contribution in [1.82, 2.24) is 4.90 Å². The Balaban J connectivity index is 1.72. The van der Waals surface area contributed by atoms with E-state index in [0.29, 0.717) is 43.3 Å². The number of hydrogen-bond donors (Lipinski definition) is 2. The maximum absolute atomic E-state index is 14.1. The number of methoxy groups -OCH3 is 1. The van der Waals surface area contributed by atoms with Crippen LogP contribution in [0.15, 0.2) is 48.6 Å². The Morgan fingerprint density at radius 3 is 2.69 bits per heavy atom. The second kappa shape index (κ2) is 13.6. The summed E-state index contributed by atoms with van der Waals surface area (Å²) in [5.41, 5.74) is 8.19. The Morgan fingerprint density at radius 2 is 2.02 bits per heavy atom. The largest absolute Gasteiger partial charge is 0.493 e. The third kappa shape index (κ3) is 6.90. The smallest absolute Gasteiger partial charge is 0.308 e. The highest BCUT2D eigenvalue weighted by atomic mass is 16.7. The number of ether oxygens (including phenoxy) is 3. The molecule has 0 aliphatic carbocycles. The van der Waals surface area contributed by atoms with Crippen LogP contribution in [0.3, 0.4) is 0 Å². The molecule has 0 saturated carbocycles. The van der Waals surface area contributed by atoms with Gasteiger partial charge in [0.25, 0.3) is 0 Å². The van der Waals surface area contributed by atoms with Crippen molar-refractivity contribution in [3.05, 3.63) is 59.7 Å². The molecule has 2 aliphatic heterocycles. The highest BCUT2D eigenvalue weighted by Crippen LogP contribution is 2.48. The average molecular weight is 580 g/mol. The zero-order valence-electron chi connectivity index (χ0n) is 25.5. The van der Waals surface area contributed by atoms with E-state index >= 15 is 0 Å². The van der Waals surface area contributed by atoms with Crippen LogP contribution in [0.1, 0.15) is 64.0 Å². The number of allylic oxidation sites excluding steroid dienone is 2. The van der Waals surface area contributed by atoms with Crippen molar-refractivity contribution in [2.75, 3.05) is 38.4 Å². The maximum atomic E-state index is 14.1. The van der Waals surface area contributed by atoms with Crippen LogP contribution in [0.5, 0.6) is 17.2 Å². The summed E-state index contributed by atoms with van der Waals surface area (Å²) < 4.78 is 16.8. The van der Waals surface area contributed by atoms with E-state index in [2.05, 4.69) is 31.7 Å². The van der Waals surface area contributed by atoms with Crippen LogP contribution in [0.4, 0.5) is 5.69 Å². The van der Waals surface area contributed by atoms with E-state index in [1.54, 1.807) is 7.11 Å². The molecule has 2 aliphatic rings. The van der Waals surface area contributed by atoms with Crippen LogP contribution in [-0.4, -0.2) is 61.5 Å². The third-order valence-electron chi connectivity index (χ3n) is 8.33. The van der Waals surface area contributed by atoms with E-state index in [1.165, 1.54) is 0 Å². The number of carbonyl (C=O) groups is 2. The van der Waals surface area contributed by atoms with E-state index in [1.807, 2.05) is 54.3 Å². The summed E-state index contributed by atoms with van der Waals surface area (Å²) in [6.45, 7) is 9.85. The minimum atomic E-state index is -0.883. The zero-order chi connectivity index (χ0) is 30.4. The van der Waals surface area contributed by atoms with Gasteiger partial charge in [-0.2, -0.15) is 0 Å². The molecule has 42 heavy (non-hydrogen) atoms. The van der Waals surface area contributed by atoms with Crippen molar-refractivity contribution in [3.8, 4) is 17.2 Å². The molecule has 9 heteroatoms. The number of aliphatic carboxylic acids is 1. The van der Waals surface area contributed by atoms with Gasteiger partial charge in [-0.1, -0.05) is 51.5 Å². The third-order valence-corrected chi connectivity index (χ3v) is 8.33. The van der Waals surface area contributed by atoms with Crippen LogP contribution in [0.25, 0.3) is 0 Å². The van der Waals surface area contributed by atoms with Crippen LogP contribution in [0.2, 0.25) is 0 Å². The molecule has 2 aromatic rings. The highest BCUT2D eigenvalue weighted by molar-refractivity contribution is 5.95. The van der Waals surface area contributed by atoms with Crippen molar-refractivity contribution >= 4 is 17.6 Å². The number of benzene rings is 2. The summed E-state index contributed by atoms with van der Waals surface area (Å²) in [5.74, 6) is -0.484. The maximum Gasteiger partial charge on any atom is 0.308 e. The summed E-state index contributed by atoms with van der Waals surface area (Å²) in [4.78, 5) is 30.9. The quantitative estimate of drug-likeness (QED) is 0.312. The van der Waals surface area contributed by atoms with Gasteiger partial charge in [0.1, 0.15) is 0 Å². The number of rotatable bonds is 13. The fourth-order valence-electron chi connectivity index (χ4n) is 6.33. The molecule has 2 heterocycles. The van der Waals surface area contributed by atoms with E-state index in [-0.39, 0.29) is 36.6 Å². The molecule has 1 amide bonds. The molecule has 228 valence electrons. The first-order valence-corrected chi connectivity index (χ1v) is 14.8. The summed E-state index contributed by atoms with van der Waals surface area (Å²) in [6, 6.07) is 11.1. The fraction of sp³-hybridized carbons (Fsp3) is 0.515. The van der Waals surface area contributed by atoms with Gasteiger partial charge < -0.3 is 30.0 Å². The lowest BCUT2D eigenvalue weighted by atomic mass is 9.77. The Morgan fingerprint density at radius 1 is 1.24 bits per heavy atom. The number of nitrogens with zero attached hydrogens (tertiary/aromatic N) is 2. The lowest BCUT2D eigenvalue weighted by Crippen LogP contribution is -2.45. The number of unbranched alkanes of at least 4 members (excludes halogenated alkanes) is 1. The first-order valence-electron chi connectivity index (χ1n) is 14.8. The normalized spacial score (nSPS) is 20.3. The number of carbonyl (C=O) groups excluding carboxylic acids is 1. The number of likely N-dealkylation sites (tertiary alicyclic amines) is 1. The minimum absolute atomic E-state index is 0.0560. The summed E-state index contributed by atoms with van der Waals surface area (Å²) in [6.07, 6.45) is 6.48. The Bertz CT molecular complexity index is 1290. The predicted molar refractivity (Wildman–Crippen MR) is 163 cm³/mol. The molecule has 0 aromatic heterocycles. The van der Waals surface area contributed by atoms with E-state index in [9.17, 15) is 14.7 Å². The van der Waals surface area contributed by atoms with Gasteiger partial charge in [0.2, 0.25) is 18.4 Å². The van der Waals surface area contributed by atoms with Gasteiger partial charge in [-0.05, 0) is 60.6 Å². The lowest BCUT2D eigenvalue weighted by molar-refractivity contribution is -0.143. The SMILES string of the molecule is C/C=C/C(C)(C)C[C@H]1[C@H](C(=O)O)[C@@H](c2cc(OC)c3c(c2)OCO3)CN1CC(=O)N(CCCC)c1cccc(CN)c1. The van der Waals surface area contributed by atoms with Crippen molar-refractivity contribution in [3.63, 3.8) is 0 Å². The number of fused-ring (bicyclic) bond motifs is 1. The number of carboxylic acids is 1. The van der Waals surface area contributed by atoms with Gasteiger partial charge in [0.15, 0.2) is 11.5 Å². The van der Waals surface area contributed by atoms with Crippen molar-refractivity contribution in [2.24, 2.45) is 17.1 Å². The summed E-state index contributed by atoms with van der Waals surface area (Å²) in [7, 11) is 1.56. The lowest BCUT2D eigenvalue weighted by Gasteiger charge is -2.34. The molecule has 1 fully saturated rings. The molecule has 2 aromatic carbocycles. The van der Waals surface area contributed by atoms with Crippen LogP contribution < -0.4 is 24.8 Å². The first-order chi connectivity index (χ1) is 20.1. The second-order valence-electron chi connectivity index (χ2n) is 11.9. The molecule has 0 spiro atoms. The molecule has 0 unspecified atom stereocenters. The minimum Gasteiger partial charge on any atom is -0.493 e. The molecule has 9 nitrogen and oxygen atoms in total. The molecule has 3 N–H and O–H groups in total. The van der Waals surface area contributed by atoms with E-state index in [4.69, 9.17) is 19.9 Å². The van der Waals surface area contributed by atoms with Crippen molar-refractivity contribution < 1.29 is 28.9 Å². The summed E-state index contributed by atoms with van der Waals surface area (Å²) in [5, 5.41) is 10.6. The zero-order valence-corrected chi connectivity index (χ0v) is 25.5. The van der Waals surface area contributed by atoms with E-state index < -0.39 is 11.9 Å². The number of hydrogen-bond acceptors (Lipinski definition) is 7. The highest BCUT2D eigenvalue weighted by Gasteiger charge is 2.49. The topological polar surface area (TPSA) is 115 Å². The molecular formula is C33H45N3O6. The van der Waals surface area contributed by atoms with Crippen LogP contribution in [0, 0.1) is 11.3 Å². The van der Waals surface area contributed by atoms with Gasteiger partial charge in [-0.25, -0.2) is 0 Å². The van der Waals surface area contributed by atoms with E-state index in [0.717, 1.165) is 29.7 Å².